The Labute approximate surface area is 95.7 Å². The summed E-state index contributed by atoms with van der Waals surface area (Å²) in [6, 6.07) is 0. The Balaban J connectivity index is 2.98. The standard InChI is InChI=1S/C13H28NO/c1-3-11-14(2)12-9-7-5-4-6-8-10-13-15/h3-13H2,1-2H3. The Hall–Kier alpha value is -0.0800. The summed E-state index contributed by atoms with van der Waals surface area (Å²) in [7, 11) is 2.21. The average Bonchev–Trinajstić information content (AvgIpc) is 2.22. The summed E-state index contributed by atoms with van der Waals surface area (Å²) < 4.78 is 0. The Kier molecular flexibility index (Phi) is 11.9. The lowest BCUT2D eigenvalue weighted by Crippen LogP contribution is -2.20. The zero-order chi connectivity index (χ0) is 11.4. The van der Waals surface area contributed by atoms with Crippen LogP contribution in [0.3, 0.4) is 0 Å². The molecule has 0 saturated heterocycles. The van der Waals surface area contributed by atoms with Crippen LogP contribution >= 0.6 is 0 Å². The summed E-state index contributed by atoms with van der Waals surface area (Å²) in [4.78, 5) is 2.41. The van der Waals surface area contributed by atoms with Gasteiger partial charge in [-0.1, -0.05) is 39.0 Å². The van der Waals surface area contributed by atoms with Gasteiger partial charge in [0.15, 0.2) is 0 Å². The van der Waals surface area contributed by atoms with Crippen molar-refractivity contribution in [3.05, 3.63) is 0 Å². The monoisotopic (exact) mass is 214 g/mol. The zero-order valence-corrected chi connectivity index (χ0v) is 10.6. The van der Waals surface area contributed by atoms with Gasteiger partial charge in [-0.3, -0.25) is 0 Å². The number of hydrogen-bond donors (Lipinski definition) is 0. The first-order valence-electron chi connectivity index (χ1n) is 6.58. The van der Waals surface area contributed by atoms with Crippen molar-refractivity contribution in [3.8, 4) is 0 Å². The van der Waals surface area contributed by atoms with Crippen molar-refractivity contribution in [2.75, 3.05) is 26.7 Å². The van der Waals surface area contributed by atoms with Crippen molar-refractivity contribution in [1.29, 1.82) is 0 Å². The molecule has 0 aliphatic heterocycles. The highest BCUT2D eigenvalue weighted by atomic mass is 16.2. The van der Waals surface area contributed by atoms with E-state index < -0.39 is 0 Å². The average molecular weight is 214 g/mol. The van der Waals surface area contributed by atoms with Crippen LogP contribution in [-0.4, -0.2) is 31.6 Å². The molecule has 15 heavy (non-hydrogen) atoms. The molecular formula is C13H28NO. The van der Waals surface area contributed by atoms with Crippen molar-refractivity contribution in [1.82, 2.24) is 4.90 Å². The Bertz CT molecular complexity index is 117. The fourth-order valence-corrected chi connectivity index (χ4v) is 1.86. The first-order chi connectivity index (χ1) is 7.31. The van der Waals surface area contributed by atoms with Gasteiger partial charge in [-0.2, -0.15) is 0 Å². The highest BCUT2D eigenvalue weighted by molar-refractivity contribution is 4.51. The summed E-state index contributed by atoms with van der Waals surface area (Å²) in [5, 5.41) is 10.2. The Morgan fingerprint density at radius 2 is 1.33 bits per heavy atom. The van der Waals surface area contributed by atoms with Crippen LogP contribution in [0.5, 0.6) is 0 Å². The molecule has 0 rings (SSSR count). The predicted molar refractivity (Wildman–Crippen MR) is 65.7 cm³/mol. The maximum atomic E-state index is 10.2. The summed E-state index contributed by atoms with van der Waals surface area (Å²) in [5.74, 6) is 0. The third kappa shape index (κ3) is 11.8. The van der Waals surface area contributed by atoms with E-state index in [2.05, 4.69) is 18.9 Å². The van der Waals surface area contributed by atoms with E-state index in [1.807, 2.05) is 0 Å². The molecular weight excluding hydrogens is 186 g/mol. The fourth-order valence-electron chi connectivity index (χ4n) is 1.86. The van der Waals surface area contributed by atoms with E-state index in [0.29, 0.717) is 0 Å². The van der Waals surface area contributed by atoms with Gasteiger partial charge in [0, 0.05) is 0 Å². The minimum absolute atomic E-state index is 0.113. The Morgan fingerprint density at radius 3 is 1.87 bits per heavy atom. The molecule has 2 nitrogen and oxygen atoms in total. The van der Waals surface area contributed by atoms with E-state index in [1.165, 1.54) is 51.6 Å². The van der Waals surface area contributed by atoms with Crippen molar-refractivity contribution in [2.45, 2.75) is 58.3 Å². The topological polar surface area (TPSA) is 23.1 Å². The van der Waals surface area contributed by atoms with Gasteiger partial charge in [0.05, 0.1) is 6.61 Å². The lowest BCUT2D eigenvalue weighted by Gasteiger charge is -2.14. The van der Waals surface area contributed by atoms with E-state index >= 15 is 0 Å². The van der Waals surface area contributed by atoms with Gasteiger partial charge in [0.25, 0.3) is 0 Å². The summed E-state index contributed by atoms with van der Waals surface area (Å²) in [6.07, 6.45) is 9.87. The van der Waals surface area contributed by atoms with E-state index in [4.69, 9.17) is 0 Å². The molecule has 0 aliphatic carbocycles. The third-order valence-electron chi connectivity index (χ3n) is 2.79. The highest BCUT2D eigenvalue weighted by Gasteiger charge is 1.96. The second-order valence-electron chi connectivity index (χ2n) is 4.48. The largest absolute Gasteiger partial charge is 0.306 e. The van der Waals surface area contributed by atoms with Crippen molar-refractivity contribution in [2.24, 2.45) is 0 Å². The molecule has 0 spiro atoms. The third-order valence-corrected chi connectivity index (χ3v) is 2.79. The normalized spacial score (nSPS) is 11.2. The highest BCUT2D eigenvalue weighted by Crippen LogP contribution is 2.07. The van der Waals surface area contributed by atoms with E-state index in [0.717, 1.165) is 12.8 Å². The molecule has 0 bridgehead atoms. The van der Waals surface area contributed by atoms with Gasteiger partial charge in [-0.05, 0) is 39.4 Å². The second-order valence-corrected chi connectivity index (χ2v) is 4.48. The van der Waals surface area contributed by atoms with Crippen LogP contribution in [0.1, 0.15) is 58.3 Å². The molecule has 0 atom stereocenters. The van der Waals surface area contributed by atoms with E-state index in [9.17, 15) is 5.11 Å². The number of hydrogen-bond acceptors (Lipinski definition) is 1. The molecule has 91 valence electrons. The van der Waals surface area contributed by atoms with Gasteiger partial charge in [0.2, 0.25) is 0 Å². The molecule has 0 fully saturated rings. The molecule has 0 heterocycles. The van der Waals surface area contributed by atoms with E-state index in [1.54, 1.807) is 0 Å². The summed E-state index contributed by atoms with van der Waals surface area (Å²) >= 11 is 0. The van der Waals surface area contributed by atoms with Crippen LogP contribution in [-0.2, 0) is 5.11 Å². The molecule has 0 aliphatic rings. The minimum Gasteiger partial charge on any atom is -0.306 e. The zero-order valence-electron chi connectivity index (χ0n) is 10.6. The predicted octanol–water partition coefficient (Wildman–Crippen LogP) is 3.49. The molecule has 0 amide bonds. The lowest BCUT2D eigenvalue weighted by molar-refractivity contribution is 0.186. The SMILES string of the molecule is CCCN(C)CCCCCCCCC[O]. The van der Waals surface area contributed by atoms with Crippen LogP contribution < -0.4 is 0 Å². The molecule has 0 saturated carbocycles. The number of nitrogens with zero attached hydrogens (tertiary/aromatic N) is 1. The van der Waals surface area contributed by atoms with E-state index in [-0.39, 0.29) is 6.61 Å². The molecule has 1 radical (unpaired) electrons. The minimum atomic E-state index is 0.113. The maximum absolute atomic E-state index is 10.2. The number of unbranched alkanes of at least 4 members (excludes halogenated alkanes) is 6. The lowest BCUT2D eigenvalue weighted by atomic mass is 10.1. The van der Waals surface area contributed by atoms with Gasteiger partial charge < -0.3 is 4.90 Å². The van der Waals surface area contributed by atoms with Crippen molar-refractivity contribution in [3.63, 3.8) is 0 Å². The quantitative estimate of drug-likeness (QED) is 0.483. The first kappa shape index (κ1) is 14.9. The van der Waals surface area contributed by atoms with Crippen LogP contribution in [0.2, 0.25) is 0 Å². The van der Waals surface area contributed by atoms with Crippen LogP contribution in [0.15, 0.2) is 0 Å². The van der Waals surface area contributed by atoms with Gasteiger partial charge in [-0.25, -0.2) is 5.11 Å². The molecule has 0 aromatic carbocycles. The van der Waals surface area contributed by atoms with Crippen molar-refractivity contribution < 1.29 is 5.11 Å². The van der Waals surface area contributed by atoms with Gasteiger partial charge >= 0.3 is 0 Å². The molecule has 2 heteroatoms. The molecule has 0 N–H and O–H groups in total. The summed E-state index contributed by atoms with van der Waals surface area (Å²) in [5.41, 5.74) is 0. The van der Waals surface area contributed by atoms with Gasteiger partial charge in [-0.15, -0.1) is 0 Å². The van der Waals surface area contributed by atoms with Gasteiger partial charge in [0.1, 0.15) is 0 Å². The van der Waals surface area contributed by atoms with Crippen LogP contribution in [0, 0.1) is 0 Å². The molecule has 0 unspecified atom stereocenters. The number of rotatable bonds is 11. The first-order valence-corrected chi connectivity index (χ1v) is 6.58. The summed E-state index contributed by atoms with van der Waals surface area (Å²) in [6.45, 7) is 4.81. The maximum Gasteiger partial charge on any atom is 0.0822 e. The van der Waals surface area contributed by atoms with Crippen LogP contribution in [0.4, 0.5) is 0 Å². The Morgan fingerprint density at radius 1 is 0.800 bits per heavy atom. The van der Waals surface area contributed by atoms with Crippen molar-refractivity contribution >= 4 is 0 Å². The van der Waals surface area contributed by atoms with Crippen LogP contribution in [0.25, 0.3) is 0 Å². The molecule has 0 aromatic rings. The second kappa shape index (κ2) is 12.0. The molecule has 0 aromatic heterocycles. The smallest absolute Gasteiger partial charge is 0.0822 e. The fraction of sp³-hybridized carbons (Fsp3) is 1.00.